The highest BCUT2D eigenvalue weighted by Crippen LogP contribution is 2.23. The maximum Gasteiger partial charge on any atom is 0.338 e. The van der Waals surface area contributed by atoms with Gasteiger partial charge in [-0.1, -0.05) is 30.3 Å². The first kappa shape index (κ1) is 24.0. The van der Waals surface area contributed by atoms with Crippen LogP contribution in [0.1, 0.15) is 32.7 Å². The second-order valence-electron chi connectivity index (χ2n) is 5.50. The van der Waals surface area contributed by atoms with E-state index >= 15 is 0 Å². The third kappa shape index (κ3) is 6.82. The van der Waals surface area contributed by atoms with Crippen molar-refractivity contribution in [1.29, 1.82) is 0 Å². The van der Waals surface area contributed by atoms with Gasteiger partial charge in [0.25, 0.3) is 5.69 Å². The smallest absolute Gasteiger partial charge is 0.338 e. The van der Waals surface area contributed by atoms with Gasteiger partial charge in [-0.05, 0) is 12.1 Å². The summed E-state index contributed by atoms with van der Waals surface area (Å²) in [7, 11) is 3.60. The van der Waals surface area contributed by atoms with Gasteiger partial charge in [0, 0.05) is 11.6 Å². The van der Waals surface area contributed by atoms with E-state index in [1.165, 1.54) is 33.5 Å². The van der Waals surface area contributed by atoms with Gasteiger partial charge in [0.05, 0.1) is 31.8 Å². The Morgan fingerprint density at radius 3 is 1.87 bits per heavy atom. The average molecular weight is 417 g/mol. The number of nitro groups is 1. The topological polar surface area (TPSA) is 139 Å². The van der Waals surface area contributed by atoms with Crippen LogP contribution < -0.4 is 0 Å². The molecule has 0 spiro atoms. The number of ether oxygens (including phenoxy) is 3. The van der Waals surface area contributed by atoms with E-state index in [1.807, 2.05) is 0 Å². The van der Waals surface area contributed by atoms with Crippen molar-refractivity contribution in [3.63, 3.8) is 0 Å². The number of carbonyl (C=O) groups excluding carboxylic acids is 4. The summed E-state index contributed by atoms with van der Waals surface area (Å²) in [6.07, 6.45) is -0.312. The number of esters is 3. The zero-order chi connectivity index (χ0) is 22.7. The molecule has 10 heteroatoms. The summed E-state index contributed by atoms with van der Waals surface area (Å²) in [5.41, 5.74) is -0.133. The van der Waals surface area contributed by atoms with Gasteiger partial charge in [0.1, 0.15) is 12.0 Å². The summed E-state index contributed by atoms with van der Waals surface area (Å²) < 4.78 is 12.9. The predicted molar refractivity (Wildman–Crippen MR) is 103 cm³/mol. The standard InChI is InChI=1S/C15H11NO5.C5H8O4/c1-21-15(18)11-7-8-12(13(9-11)16(19)20)14(17)10-5-3-2-4-6-10;1-8-4(6)3-5(7)9-2/h2-9H,1H3;3H2,1-2H3. The van der Waals surface area contributed by atoms with Crippen LogP contribution in [-0.4, -0.2) is 49.9 Å². The van der Waals surface area contributed by atoms with Crippen LogP contribution >= 0.6 is 0 Å². The maximum absolute atomic E-state index is 12.3. The lowest BCUT2D eigenvalue weighted by Gasteiger charge is -2.04. The molecule has 0 radical (unpaired) electrons. The SMILES string of the molecule is COC(=O)CC(=O)OC.COC(=O)c1ccc(C(=O)c2ccccc2)c([N+](=O)[O-])c1. The lowest BCUT2D eigenvalue weighted by atomic mass is 10.00. The van der Waals surface area contributed by atoms with Crippen LogP contribution in [0, 0.1) is 10.1 Å². The monoisotopic (exact) mass is 417 g/mol. The Hall–Kier alpha value is -4.08. The van der Waals surface area contributed by atoms with Crippen LogP contribution in [0.15, 0.2) is 48.5 Å². The molecule has 0 atom stereocenters. The molecule has 0 aliphatic heterocycles. The molecule has 10 nitrogen and oxygen atoms in total. The third-order valence-electron chi connectivity index (χ3n) is 3.64. The number of hydrogen-bond donors (Lipinski definition) is 0. The summed E-state index contributed by atoms with van der Waals surface area (Å²) in [5, 5.41) is 11.1. The molecule has 0 N–H and O–H groups in total. The number of nitrogens with zero attached hydrogens (tertiary/aromatic N) is 1. The van der Waals surface area contributed by atoms with E-state index in [1.54, 1.807) is 30.3 Å². The van der Waals surface area contributed by atoms with Crippen molar-refractivity contribution in [1.82, 2.24) is 0 Å². The highest BCUT2D eigenvalue weighted by atomic mass is 16.6. The molecule has 0 aromatic heterocycles. The number of methoxy groups -OCH3 is 3. The zero-order valence-electron chi connectivity index (χ0n) is 16.4. The number of hydrogen-bond acceptors (Lipinski definition) is 9. The molecular formula is C20H19NO9. The van der Waals surface area contributed by atoms with Crippen LogP contribution in [0.2, 0.25) is 0 Å². The first-order valence-corrected chi connectivity index (χ1v) is 8.35. The maximum atomic E-state index is 12.3. The molecule has 2 rings (SSSR count). The number of nitro benzene ring substituents is 1. The molecule has 30 heavy (non-hydrogen) atoms. The average Bonchev–Trinajstić information content (AvgIpc) is 2.78. The molecular weight excluding hydrogens is 398 g/mol. The van der Waals surface area contributed by atoms with Crippen molar-refractivity contribution in [3.8, 4) is 0 Å². The van der Waals surface area contributed by atoms with Gasteiger partial charge in [-0.2, -0.15) is 0 Å². The molecule has 0 heterocycles. The Balaban J connectivity index is 0.000000424. The van der Waals surface area contributed by atoms with E-state index < -0.39 is 34.3 Å². The van der Waals surface area contributed by atoms with Crippen molar-refractivity contribution in [2.45, 2.75) is 6.42 Å². The van der Waals surface area contributed by atoms with Crippen molar-refractivity contribution in [2.75, 3.05) is 21.3 Å². The van der Waals surface area contributed by atoms with Crippen LogP contribution in [0.5, 0.6) is 0 Å². The first-order chi connectivity index (χ1) is 14.2. The van der Waals surface area contributed by atoms with Crippen molar-refractivity contribution in [3.05, 3.63) is 75.3 Å². The van der Waals surface area contributed by atoms with Crippen molar-refractivity contribution in [2.24, 2.45) is 0 Å². The number of carbonyl (C=O) groups is 4. The molecule has 0 saturated heterocycles. The third-order valence-corrected chi connectivity index (χ3v) is 3.64. The van der Waals surface area contributed by atoms with Crippen molar-refractivity contribution >= 4 is 29.4 Å². The lowest BCUT2D eigenvalue weighted by molar-refractivity contribution is -0.385. The Morgan fingerprint density at radius 2 is 1.40 bits per heavy atom. The summed E-state index contributed by atoms with van der Waals surface area (Å²) >= 11 is 0. The second-order valence-corrected chi connectivity index (χ2v) is 5.50. The van der Waals surface area contributed by atoms with E-state index in [0.29, 0.717) is 5.56 Å². The quantitative estimate of drug-likeness (QED) is 0.173. The molecule has 0 aliphatic carbocycles. The van der Waals surface area contributed by atoms with Gasteiger partial charge in [-0.15, -0.1) is 0 Å². The van der Waals surface area contributed by atoms with E-state index in [4.69, 9.17) is 0 Å². The van der Waals surface area contributed by atoms with Crippen LogP contribution in [0.4, 0.5) is 5.69 Å². The minimum Gasteiger partial charge on any atom is -0.469 e. The fraction of sp³-hybridized carbons (Fsp3) is 0.200. The molecule has 0 unspecified atom stereocenters. The van der Waals surface area contributed by atoms with E-state index in [9.17, 15) is 29.3 Å². The number of rotatable bonds is 6. The van der Waals surface area contributed by atoms with E-state index in [0.717, 1.165) is 6.07 Å². The molecule has 0 aliphatic rings. The van der Waals surface area contributed by atoms with Crippen molar-refractivity contribution < 1.29 is 38.3 Å². The summed E-state index contributed by atoms with van der Waals surface area (Å²) in [6, 6.07) is 11.9. The summed E-state index contributed by atoms with van der Waals surface area (Å²) in [6.45, 7) is 0. The minimum atomic E-state index is -0.697. The second kappa shape index (κ2) is 11.7. The molecule has 0 saturated carbocycles. The summed E-state index contributed by atoms with van der Waals surface area (Å²) in [5.74, 6) is -2.33. The largest absolute Gasteiger partial charge is 0.469 e. The molecule has 2 aromatic carbocycles. The highest BCUT2D eigenvalue weighted by Gasteiger charge is 2.23. The van der Waals surface area contributed by atoms with Gasteiger partial charge in [-0.25, -0.2) is 4.79 Å². The van der Waals surface area contributed by atoms with Crippen LogP contribution in [-0.2, 0) is 23.8 Å². The Morgan fingerprint density at radius 1 is 0.833 bits per heavy atom. The number of benzene rings is 2. The van der Waals surface area contributed by atoms with Crippen LogP contribution in [0.25, 0.3) is 0 Å². The normalized spacial score (nSPS) is 9.43. The molecule has 0 amide bonds. The Kier molecular flexibility index (Phi) is 9.34. The zero-order valence-corrected chi connectivity index (χ0v) is 16.4. The van der Waals surface area contributed by atoms with Gasteiger partial charge in [0.15, 0.2) is 5.78 Å². The number of ketones is 1. The molecule has 158 valence electrons. The first-order valence-electron chi connectivity index (χ1n) is 8.35. The van der Waals surface area contributed by atoms with Gasteiger partial charge < -0.3 is 14.2 Å². The van der Waals surface area contributed by atoms with Crippen LogP contribution in [0.3, 0.4) is 0 Å². The molecule has 2 aromatic rings. The van der Waals surface area contributed by atoms with E-state index in [2.05, 4.69) is 14.2 Å². The Bertz CT molecular complexity index is 925. The highest BCUT2D eigenvalue weighted by molar-refractivity contribution is 6.12. The predicted octanol–water partition coefficient (Wildman–Crippen LogP) is 2.33. The fourth-order valence-corrected chi connectivity index (χ4v) is 2.13. The van der Waals surface area contributed by atoms with Gasteiger partial charge in [-0.3, -0.25) is 24.5 Å². The molecule has 0 bridgehead atoms. The summed E-state index contributed by atoms with van der Waals surface area (Å²) in [4.78, 5) is 54.7. The van der Waals surface area contributed by atoms with Gasteiger partial charge in [0.2, 0.25) is 0 Å². The molecule has 0 fully saturated rings. The minimum absolute atomic E-state index is 0.0220. The lowest BCUT2D eigenvalue weighted by Crippen LogP contribution is -2.09. The van der Waals surface area contributed by atoms with Gasteiger partial charge >= 0.3 is 17.9 Å². The van der Waals surface area contributed by atoms with E-state index in [-0.39, 0.29) is 17.5 Å². The fourth-order valence-electron chi connectivity index (χ4n) is 2.13. The Labute approximate surface area is 171 Å².